The second kappa shape index (κ2) is 7.50. The highest BCUT2D eigenvalue weighted by atomic mass is 79.9. The van der Waals surface area contributed by atoms with E-state index in [0.717, 1.165) is 16.6 Å². The zero-order chi connectivity index (χ0) is 14.4. The van der Waals surface area contributed by atoms with Gasteiger partial charge < -0.3 is 5.32 Å². The summed E-state index contributed by atoms with van der Waals surface area (Å²) in [6.07, 6.45) is 3.31. The molecule has 104 valence electrons. The maximum absolute atomic E-state index is 11.9. The fourth-order valence-corrected chi connectivity index (χ4v) is 2.48. The molecule has 2 aromatic carbocycles. The lowest BCUT2D eigenvalue weighted by atomic mass is 10.1. The molecule has 0 aliphatic heterocycles. The normalized spacial score (nSPS) is 10.3. The van der Waals surface area contributed by atoms with Crippen molar-refractivity contribution in [2.75, 3.05) is 11.6 Å². The van der Waals surface area contributed by atoms with Crippen LogP contribution in [0.4, 0.5) is 5.69 Å². The number of amides is 1. The van der Waals surface area contributed by atoms with Gasteiger partial charge in [0, 0.05) is 21.5 Å². The highest BCUT2D eigenvalue weighted by molar-refractivity contribution is 9.10. The molecule has 0 aliphatic carbocycles. The summed E-state index contributed by atoms with van der Waals surface area (Å²) >= 11 is 5.09. The molecule has 0 radical (unpaired) electrons. The van der Waals surface area contributed by atoms with Gasteiger partial charge in [-0.2, -0.15) is 0 Å². The van der Waals surface area contributed by atoms with Gasteiger partial charge in [0.15, 0.2) is 0 Å². The van der Waals surface area contributed by atoms with Gasteiger partial charge in [-0.15, -0.1) is 11.8 Å². The Morgan fingerprint density at radius 3 is 2.35 bits per heavy atom. The Morgan fingerprint density at radius 2 is 1.75 bits per heavy atom. The van der Waals surface area contributed by atoms with Gasteiger partial charge in [0.05, 0.1) is 0 Å². The van der Waals surface area contributed by atoms with Crippen molar-refractivity contribution in [2.45, 2.75) is 17.7 Å². The third-order valence-corrected chi connectivity index (χ3v) is 4.20. The summed E-state index contributed by atoms with van der Waals surface area (Å²) in [5.74, 6) is 0.0428. The van der Waals surface area contributed by atoms with Crippen molar-refractivity contribution in [3.8, 4) is 0 Å². The number of nitrogens with one attached hydrogen (secondary N) is 1. The molecule has 1 amide bonds. The minimum absolute atomic E-state index is 0.0428. The molecule has 2 rings (SSSR count). The van der Waals surface area contributed by atoms with Crippen LogP contribution in [0.2, 0.25) is 0 Å². The Morgan fingerprint density at radius 1 is 1.10 bits per heavy atom. The molecular formula is C16H16BrNOS. The molecule has 20 heavy (non-hydrogen) atoms. The summed E-state index contributed by atoms with van der Waals surface area (Å²) < 4.78 is 1.00. The predicted octanol–water partition coefficient (Wildman–Crippen LogP) is 4.74. The van der Waals surface area contributed by atoms with Crippen molar-refractivity contribution >= 4 is 39.3 Å². The number of benzene rings is 2. The minimum atomic E-state index is 0.0428. The van der Waals surface area contributed by atoms with Gasteiger partial charge in [0.25, 0.3) is 0 Å². The molecule has 0 fully saturated rings. The standard InChI is InChI=1S/C16H16BrNOS/c1-20-15-9-2-12(3-10-15)4-11-16(19)18-14-7-5-13(17)6-8-14/h2-3,5-10H,4,11H2,1H3,(H,18,19). The van der Waals surface area contributed by atoms with Crippen LogP contribution in [0.1, 0.15) is 12.0 Å². The van der Waals surface area contributed by atoms with Crippen LogP contribution in [-0.2, 0) is 11.2 Å². The van der Waals surface area contributed by atoms with E-state index in [1.165, 1.54) is 10.5 Å². The summed E-state index contributed by atoms with van der Waals surface area (Å²) in [6.45, 7) is 0. The van der Waals surface area contributed by atoms with E-state index in [-0.39, 0.29) is 5.91 Å². The Labute approximate surface area is 132 Å². The Balaban J connectivity index is 1.83. The topological polar surface area (TPSA) is 29.1 Å². The van der Waals surface area contributed by atoms with E-state index in [1.54, 1.807) is 11.8 Å². The minimum Gasteiger partial charge on any atom is -0.326 e. The SMILES string of the molecule is CSc1ccc(CCC(=O)Nc2ccc(Br)cc2)cc1. The molecule has 4 heteroatoms. The lowest BCUT2D eigenvalue weighted by molar-refractivity contribution is -0.116. The molecular weight excluding hydrogens is 334 g/mol. The highest BCUT2D eigenvalue weighted by Gasteiger charge is 2.03. The molecule has 2 aromatic rings. The number of hydrogen-bond donors (Lipinski definition) is 1. The predicted molar refractivity (Wildman–Crippen MR) is 89.3 cm³/mol. The lowest BCUT2D eigenvalue weighted by Gasteiger charge is -2.06. The summed E-state index contributed by atoms with van der Waals surface area (Å²) in [5, 5.41) is 2.90. The van der Waals surface area contributed by atoms with Crippen LogP contribution in [-0.4, -0.2) is 12.2 Å². The van der Waals surface area contributed by atoms with Gasteiger partial charge in [-0.25, -0.2) is 0 Å². The third kappa shape index (κ3) is 4.69. The molecule has 0 spiro atoms. The van der Waals surface area contributed by atoms with Crippen LogP contribution in [0.5, 0.6) is 0 Å². The zero-order valence-electron chi connectivity index (χ0n) is 11.2. The molecule has 0 unspecified atom stereocenters. The van der Waals surface area contributed by atoms with E-state index in [1.807, 2.05) is 24.3 Å². The first-order valence-electron chi connectivity index (χ1n) is 6.36. The van der Waals surface area contributed by atoms with Crippen molar-refractivity contribution in [1.29, 1.82) is 0 Å². The molecule has 0 saturated carbocycles. The lowest BCUT2D eigenvalue weighted by Crippen LogP contribution is -2.12. The van der Waals surface area contributed by atoms with Crippen LogP contribution in [0.3, 0.4) is 0 Å². The average Bonchev–Trinajstić information content (AvgIpc) is 2.48. The van der Waals surface area contributed by atoms with Crippen molar-refractivity contribution in [3.05, 3.63) is 58.6 Å². The number of aryl methyl sites for hydroxylation is 1. The molecule has 2 nitrogen and oxygen atoms in total. The van der Waals surface area contributed by atoms with Crippen molar-refractivity contribution in [2.24, 2.45) is 0 Å². The first-order chi connectivity index (χ1) is 9.67. The van der Waals surface area contributed by atoms with E-state index < -0.39 is 0 Å². The van der Waals surface area contributed by atoms with Crippen LogP contribution in [0, 0.1) is 0 Å². The number of anilines is 1. The number of carbonyl (C=O) groups excluding carboxylic acids is 1. The number of hydrogen-bond acceptors (Lipinski definition) is 2. The van der Waals surface area contributed by atoms with Crippen LogP contribution >= 0.6 is 27.7 Å². The summed E-state index contributed by atoms with van der Waals surface area (Å²) in [5.41, 5.74) is 2.02. The van der Waals surface area contributed by atoms with Gasteiger partial charge in [0.1, 0.15) is 0 Å². The van der Waals surface area contributed by atoms with Crippen molar-refractivity contribution < 1.29 is 4.79 Å². The largest absolute Gasteiger partial charge is 0.326 e. The molecule has 0 bridgehead atoms. The second-order valence-corrected chi connectivity index (χ2v) is 6.20. The zero-order valence-corrected chi connectivity index (χ0v) is 13.6. The molecule has 1 N–H and O–H groups in total. The quantitative estimate of drug-likeness (QED) is 0.789. The molecule has 0 aromatic heterocycles. The first kappa shape index (κ1) is 15.1. The highest BCUT2D eigenvalue weighted by Crippen LogP contribution is 2.17. The van der Waals surface area contributed by atoms with E-state index in [0.29, 0.717) is 6.42 Å². The second-order valence-electron chi connectivity index (χ2n) is 4.40. The fraction of sp³-hybridized carbons (Fsp3) is 0.188. The summed E-state index contributed by atoms with van der Waals surface area (Å²) in [6, 6.07) is 15.9. The van der Waals surface area contributed by atoms with E-state index in [4.69, 9.17) is 0 Å². The maximum atomic E-state index is 11.9. The molecule has 0 heterocycles. The first-order valence-corrected chi connectivity index (χ1v) is 8.37. The van der Waals surface area contributed by atoms with Gasteiger partial charge in [-0.3, -0.25) is 4.79 Å². The Hall–Kier alpha value is -1.26. The van der Waals surface area contributed by atoms with Crippen molar-refractivity contribution in [3.63, 3.8) is 0 Å². The maximum Gasteiger partial charge on any atom is 0.224 e. The van der Waals surface area contributed by atoms with Gasteiger partial charge >= 0.3 is 0 Å². The number of carbonyl (C=O) groups is 1. The van der Waals surface area contributed by atoms with Gasteiger partial charge in [0.2, 0.25) is 5.91 Å². The average molecular weight is 350 g/mol. The summed E-state index contributed by atoms with van der Waals surface area (Å²) in [4.78, 5) is 13.1. The number of halogens is 1. The monoisotopic (exact) mass is 349 g/mol. The molecule has 0 atom stereocenters. The van der Waals surface area contributed by atoms with Crippen LogP contribution in [0.25, 0.3) is 0 Å². The molecule has 0 saturated heterocycles. The van der Waals surface area contributed by atoms with E-state index >= 15 is 0 Å². The van der Waals surface area contributed by atoms with E-state index in [9.17, 15) is 4.79 Å². The fourth-order valence-electron chi connectivity index (χ4n) is 1.81. The Bertz CT molecular complexity index is 566. The number of thioether (sulfide) groups is 1. The van der Waals surface area contributed by atoms with Crippen molar-refractivity contribution in [1.82, 2.24) is 0 Å². The van der Waals surface area contributed by atoms with Gasteiger partial charge in [-0.1, -0.05) is 28.1 Å². The third-order valence-electron chi connectivity index (χ3n) is 2.93. The summed E-state index contributed by atoms with van der Waals surface area (Å²) in [7, 11) is 0. The molecule has 0 aliphatic rings. The van der Waals surface area contributed by atoms with Crippen LogP contribution < -0.4 is 5.32 Å². The van der Waals surface area contributed by atoms with E-state index in [2.05, 4.69) is 51.8 Å². The smallest absolute Gasteiger partial charge is 0.224 e. The van der Waals surface area contributed by atoms with Gasteiger partial charge in [-0.05, 0) is 54.6 Å². The van der Waals surface area contributed by atoms with Crippen LogP contribution in [0.15, 0.2) is 57.9 Å². The number of rotatable bonds is 5. The Kier molecular flexibility index (Phi) is 5.68.